The van der Waals surface area contributed by atoms with Crippen molar-refractivity contribution in [1.29, 1.82) is 0 Å². The van der Waals surface area contributed by atoms with Gasteiger partial charge in [0.1, 0.15) is 12.4 Å². The molecular weight excluding hydrogens is 217 g/mol. The summed E-state index contributed by atoms with van der Waals surface area (Å²) in [7, 11) is 0. The third-order valence-electron chi connectivity index (χ3n) is 2.16. The average molecular weight is 230 g/mol. The van der Waals surface area contributed by atoms with Crippen molar-refractivity contribution in [2.24, 2.45) is 0 Å². The van der Waals surface area contributed by atoms with Crippen LogP contribution >= 0.6 is 0 Å². The lowest BCUT2D eigenvalue weighted by molar-refractivity contribution is -0.826. The Labute approximate surface area is 91.7 Å². The summed E-state index contributed by atoms with van der Waals surface area (Å²) in [6.45, 7) is 1.27. The highest BCUT2D eigenvalue weighted by Gasteiger charge is 2.19. The first-order valence-corrected chi connectivity index (χ1v) is 4.92. The maximum absolute atomic E-state index is 13.0. The Morgan fingerprint density at radius 2 is 2.31 bits per heavy atom. The smallest absolute Gasteiger partial charge is 0.223 e. The van der Waals surface area contributed by atoms with Crippen LogP contribution in [-0.2, 0) is 9.47 Å². The number of nitrogens with two attached hydrogens (primary N) is 1. The van der Waals surface area contributed by atoms with Gasteiger partial charge in [0.25, 0.3) is 0 Å². The van der Waals surface area contributed by atoms with E-state index < -0.39 is 12.1 Å². The molecule has 1 aliphatic heterocycles. The molecule has 0 saturated carbocycles. The van der Waals surface area contributed by atoms with Crippen molar-refractivity contribution in [3.05, 3.63) is 24.0 Å². The van der Waals surface area contributed by atoms with Crippen LogP contribution in [0.4, 0.5) is 10.1 Å². The van der Waals surface area contributed by atoms with Crippen molar-refractivity contribution >= 4 is 5.69 Å². The summed E-state index contributed by atoms with van der Waals surface area (Å²) < 4.78 is 28.8. The molecule has 1 saturated heterocycles. The highest BCUT2D eigenvalue weighted by Crippen LogP contribution is 2.23. The summed E-state index contributed by atoms with van der Waals surface area (Å²) in [6, 6.07) is 3.86. The Bertz CT molecular complexity index is 355. The van der Waals surface area contributed by atoms with Crippen LogP contribution in [0.1, 0.15) is 0 Å². The number of hydrogen-bond acceptors (Lipinski definition) is 4. The van der Waals surface area contributed by atoms with E-state index in [2.05, 4.69) is 0 Å². The average Bonchev–Trinajstić information content (AvgIpc) is 2.31. The van der Waals surface area contributed by atoms with Gasteiger partial charge in [0.15, 0.2) is 5.75 Å². The second kappa shape index (κ2) is 5.22. The van der Waals surface area contributed by atoms with Crippen molar-refractivity contribution < 1.29 is 29.3 Å². The van der Waals surface area contributed by atoms with Gasteiger partial charge in [0.05, 0.1) is 13.2 Å². The summed E-state index contributed by atoms with van der Waals surface area (Å²) in [5.41, 5.74) is 1.26. The summed E-state index contributed by atoms with van der Waals surface area (Å²) in [5.74, 6) is -0.199. The molecule has 2 rings (SSSR count). The number of hydrogen-bond donors (Lipinski definition) is 2. The number of benzene rings is 1. The van der Waals surface area contributed by atoms with E-state index in [1.54, 1.807) is 0 Å². The summed E-state index contributed by atoms with van der Waals surface area (Å²) in [6.07, 6.45) is -0.561. The van der Waals surface area contributed by atoms with E-state index in [1.165, 1.54) is 18.2 Å². The van der Waals surface area contributed by atoms with Crippen molar-refractivity contribution in [3.8, 4) is 5.75 Å². The topological polar surface area (TPSA) is 64.5 Å². The Balaban J connectivity index is 2.09. The zero-order chi connectivity index (χ0) is 11.4. The second-order valence-electron chi connectivity index (χ2n) is 3.30. The zero-order valence-corrected chi connectivity index (χ0v) is 8.56. The highest BCUT2D eigenvalue weighted by atomic mass is 19.1. The van der Waals surface area contributed by atoms with Crippen molar-refractivity contribution in [2.75, 3.05) is 19.8 Å². The lowest BCUT2D eigenvalue weighted by Gasteiger charge is -2.23. The number of halogens is 1. The van der Waals surface area contributed by atoms with Crippen molar-refractivity contribution in [2.45, 2.75) is 6.29 Å². The van der Waals surface area contributed by atoms with E-state index in [0.717, 1.165) is 5.48 Å². The summed E-state index contributed by atoms with van der Waals surface area (Å²) in [4.78, 5) is 0. The molecule has 1 heterocycles. The van der Waals surface area contributed by atoms with E-state index in [4.69, 9.17) is 19.4 Å². The molecule has 3 N–H and O–H groups in total. The molecule has 1 aromatic rings. The minimum Gasteiger partial charge on any atom is -0.456 e. The largest absolute Gasteiger partial charge is 0.456 e. The van der Waals surface area contributed by atoms with Crippen LogP contribution in [-0.4, -0.2) is 31.3 Å². The van der Waals surface area contributed by atoms with Crippen LogP contribution in [0.25, 0.3) is 0 Å². The SMILES string of the molecule is O[NH2+]c1ccc(F)cc1O[C@@H]1COCCO1. The van der Waals surface area contributed by atoms with Gasteiger partial charge in [-0.25, -0.2) is 9.60 Å². The lowest BCUT2D eigenvalue weighted by atomic mass is 10.3. The van der Waals surface area contributed by atoms with Crippen LogP contribution in [0.15, 0.2) is 18.2 Å². The van der Waals surface area contributed by atoms with Crippen LogP contribution in [0, 0.1) is 5.82 Å². The monoisotopic (exact) mass is 230 g/mol. The molecule has 5 nitrogen and oxygen atoms in total. The molecule has 16 heavy (non-hydrogen) atoms. The van der Waals surface area contributed by atoms with Crippen molar-refractivity contribution in [1.82, 2.24) is 0 Å². The normalized spacial score (nSPS) is 20.8. The van der Waals surface area contributed by atoms with Gasteiger partial charge < -0.3 is 14.2 Å². The van der Waals surface area contributed by atoms with Gasteiger partial charge in [-0.3, -0.25) is 0 Å². The molecule has 6 heteroatoms. The lowest BCUT2D eigenvalue weighted by Crippen LogP contribution is -2.73. The predicted octanol–water partition coefficient (Wildman–Crippen LogP) is 0.161. The maximum Gasteiger partial charge on any atom is 0.223 e. The number of ether oxygens (including phenoxy) is 3. The molecule has 0 radical (unpaired) electrons. The molecule has 0 aromatic heterocycles. The van der Waals surface area contributed by atoms with Crippen LogP contribution in [0.3, 0.4) is 0 Å². The fraction of sp³-hybridized carbons (Fsp3) is 0.400. The summed E-state index contributed by atoms with van der Waals surface area (Å²) >= 11 is 0. The molecule has 0 spiro atoms. The quantitative estimate of drug-likeness (QED) is 0.573. The first-order valence-electron chi connectivity index (χ1n) is 4.92. The molecule has 1 aliphatic rings. The molecule has 0 unspecified atom stereocenters. The zero-order valence-electron chi connectivity index (χ0n) is 8.56. The van der Waals surface area contributed by atoms with Crippen molar-refractivity contribution in [3.63, 3.8) is 0 Å². The Hall–Kier alpha value is -1.21. The minimum atomic E-state index is -0.561. The van der Waals surface area contributed by atoms with Gasteiger partial charge in [-0.15, -0.1) is 0 Å². The fourth-order valence-electron chi connectivity index (χ4n) is 1.39. The molecule has 0 amide bonds. The van der Waals surface area contributed by atoms with Crippen LogP contribution in [0.2, 0.25) is 0 Å². The number of rotatable bonds is 3. The minimum absolute atomic E-state index is 0.234. The second-order valence-corrected chi connectivity index (χ2v) is 3.30. The third-order valence-corrected chi connectivity index (χ3v) is 2.16. The van der Waals surface area contributed by atoms with Crippen LogP contribution < -0.4 is 10.2 Å². The first kappa shape index (κ1) is 11.3. The van der Waals surface area contributed by atoms with Gasteiger partial charge in [-0.2, -0.15) is 5.48 Å². The Morgan fingerprint density at radius 1 is 1.44 bits per heavy atom. The molecule has 1 aromatic carbocycles. The van der Waals surface area contributed by atoms with Gasteiger partial charge >= 0.3 is 0 Å². The van der Waals surface area contributed by atoms with Gasteiger partial charge in [-0.05, 0) is 6.07 Å². The van der Waals surface area contributed by atoms with E-state index in [1.807, 2.05) is 0 Å². The Morgan fingerprint density at radius 3 is 3.00 bits per heavy atom. The van der Waals surface area contributed by atoms with Crippen LogP contribution in [0.5, 0.6) is 5.75 Å². The standard InChI is InChI=1S/C10H12FNO4/c11-7-1-2-8(12-13)9(5-7)16-10-6-14-3-4-15-10/h1-2,5,10,12-13H,3-4,6H2/p+1/t10-/m1/s1. The molecule has 88 valence electrons. The maximum atomic E-state index is 13.0. The first-order chi connectivity index (χ1) is 7.79. The molecular formula is C10H13FNO4+. The fourth-order valence-corrected chi connectivity index (χ4v) is 1.39. The van der Waals surface area contributed by atoms with Gasteiger partial charge in [0.2, 0.25) is 12.0 Å². The molecule has 1 atom stereocenters. The molecule has 0 bridgehead atoms. The number of quaternary nitrogens is 1. The van der Waals surface area contributed by atoms with E-state index in [-0.39, 0.29) is 5.75 Å². The Kier molecular flexibility index (Phi) is 3.68. The van der Waals surface area contributed by atoms with Gasteiger partial charge in [0, 0.05) is 12.1 Å². The van der Waals surface area contributed by atoms with E-state index in [9.17, 15) is 4.39 Å². The van der Waals surface area contributed by atoms with E-state index >= 15 is 0 Å². The molecule has 0 aliphatic carbocycles. The van der Waals surface area contributed by atoms with Gasteiger partial charge in [-0.1, -0.05) is 0 Å². The third kappa shape index (κ3) is 2.67. The molecule has 1 fully saturated rings. The summed E-state index contributed by atoms with van der Waals surface area (Å²) in [5, 5.41) is 8.94. The van der Waals surface area contributed by atoms with E-state index in [0.29, 0.717) is 25.5 Å². The highest BCUT2D eigenvalue weighted by molar-refractivity contribution is 5.45. The predicted molar refractivity (Wildman–Crippen MR) is 51.0 cm³/mol.